The Balaban J connectivity index is 1.48. The van der Waals surface area contributed by atoms with Gasteiger partial charge in [-0.25, -0.2) is 4.98 Å². The first kappa shape index (κ1) is 22.0. The minimum absolute atomic E-state index is 0.0642. The molecule has 7 heteroatoms. The number of fused-ring (bicyclic) bond motifs is 1. The lowest BCUT2D eigenvalue weighted by atomic mass is 9.98. The summed E-state index contributed by atoms with van der Waals surface area (Å²) in [5, 5.41) is 10.4. The van der Waals surface area contributed by atoms with Gasteiger partial charge in [0.2, 0.25) is 5.88 Å². The molecule has 0 radical (unpaired) electrons. The number of rotatable bonds is 8. The Kier molecular flexibility index (Phi) is 6.72. The molecule has 0 amide bonds. The molecule has 1 aliphatic carbocycles. The molecular formula is C24H33N3O4. The second-order valence-corrected chi connectivity index (χ2v) is 8.78. The highest BCUT2D eigenvalue weighted by molar-refractivity contribution is 5.54. The molecular weight excluding hydrogens is 394 g/mol. The van der Waals surface area contributed by atoms with Crippen molar-refractivity contribution in [2.24, 2.45) is 5.92 Å². The number of aromatic nitrogens is 3. The van der Waals surface area contributed by atoms with Crippen LogP contribution >= 0.6 is 0 Å². The lowest BCUT2D eigenvalue weighted by Gasteiger charge is -2.36. The van der Waals surface area contributed by atoms with Crippen molar-refractivity contribution in [1.82, 2.24) is 15.0 Å². The van der Waals surface area contributed by atoms with E-state index < -0.39 is 5.60 Å². The third-order valence-electron chi connectivity index (χ3n) is 6.44. The summed E-state index contributed by atoms with van der Waals surface area (Å²) in [4.78, 5) is 13.4. The minimum Gasteiger partial charge on any atom is -0.493 e. The molecule has 0 spiro atoms. The van der Waals surface area contributed by atoms with Crippen LogP contribution in [-0.4, -0.2) is 45.2 Å². The van der Waals surface area contributed by atoms with E-state index in [-0.39, 0.29) is 12.2 Å². The Morgan fingerprint density at radius 3 is 2.77 bits per heavy atom. The zero-order valence-electron chi connectivity index (χ0n) is 18.8. The Hall–Kier alpha value is -2.25. The van der Waals surface area contributed by atoms with Crippen molar-refractivity contribution in [2.75, 3.05) is 13.2 Å². The summed E-state index contributed by atoms with van der Waals surface area (Å²) in [6, 6.07) is 3.65. The summed E-state index contributed by atoms with van der Waals surface area (Å²) in [6.45, 7) is 7.58. The third kappa shape index (κ3) is 4.99. The SMILES string of the molecule is CCC(CC)(COc1ccnc(-c2nc(O)c3c(n2)C[C@@H](C)C3)c1)OC1CCCCO1. The molecule has 0 bridgehead atoms. The Labute approximate surface area is 184 Å². The zero-order valence-corrected chi connectivity index (χ0v) is 18.8. The highest BCUT2D eigenvalue weighted by atomic mass is 16.7. The fraction of sp³-hybridized carbons (Fsp3) is 0.625. The average molecular weight is 428 g/mol. The molecule has 0 aromatic carbocycles. The van der Waals surface area contributed by atoms with Gasteiger partial charge in [-0.15, -0.1) is 0 Å². The quantitative estimate of drug-likeness (QED) is 0.665. The number of nitrogens with zero attached hydrogens (tertiary/aromatic N) is 3. The maximum Gasteiger partial charge on any atom is 0.218 e. The third-order valence-corrected chi connectivity index (χ3v) is 6.44. The van der Waals surface area contributed by atoms with Crippen LogP contribution in [0.3, 0.4) is 0 Å². The largest absolute Gasteiger partial charge is 0.493 e. The van der Waals surface area contributed by atoms with Crippen LogP contribution in [0.15, 0.2) is 18.3 Å². The Bertz CT molecular complexity index is 894. The molecule has 3 heterocycles. The van der Waals surface area contributed by atoms with E-state index in [4.69, 9.17) is 14.2 Å². The van der Waals surface area contributed by atoms with Crippen LogP contribution in [0.1, 0.15) is 64.1 Å². The van der Waals surface area contributed by atoms with Gasteiger partial charge >= 0.3 is 0 Å². The van der Waals surface area contributed by atoms with Crippen LogP contribution in [0.5, 0.6) is 11.6 Å². The van der Waals surface area contributed by atoms with E-state index in [1.165, 1.54) is 0 Å². The lowest BCUT2D eigenvalue weighted by molar-refractivity contribution is -0.234. The van der Waals surface area contributed by atoms with Gasteiger partial charge in [0.25, 0.3) is 0 Å². The van der Waals surface area contributed by atoms with E-state index in [2.05, 4.69) is 35.7 Å². The second-order valence-electron chi connectivity index (χ2n) is 8.78. The van der Waals surface area contributed by atoms with E-state index in [1.54, 1.807) is 6.20 Å². The Morgan fingerprint density at radius 2 is 2.03 bits per heavy atom. The molecule has 4 rings (SSSR count). The van der Waals surface area contributed by atoms with Crippen molar-refractivity contribution in [3.8, 4) is 23.1 Å². The van der Waals surface area contributed by atoms with E-state index in [0.29, 0.717) is 29.8 Å². The molecule has 1 fully saturated rings. The normalized spacial score (nSPS) is 21.1. The van der Waals surface area contributed by atoms with E-state index in [0.717, 1.165) is 62.8 Å². The van der Waals surface area contributed by atoms with E-state index in [1.807, 2.05) is 12.1 Å². The van der Waals surface area contributed by atoms with Gasteiger partial charge in [0.15, 0.2) is 12.1 Å². The predicted octanol–water partition coefficient (Wildman–Crippen LogP) is 4.46. The van der Waals surface area contributed by atoms with Gasteiger partial charge < -0.3 is 19.3 Å². The van der Waals surface area contributed by atoms with Gasteiger partial charge in [-0.2, -0.15) is 4.98 Å². The number of pyridine rings is 1. The maximum atomic E-state index is 10.4. The molecule has 168 valence electrons. The zero-order chi connectivity index (χ0) is 21.8. The molecule has 31 heavy (non-hydrogen) atoms. The summed E-state index contributed by atoms with van der Waals surface area (Å²) in [6.07, 6.45) is 8.03. The summed E-state index contributed by atoms with van der Waals surface area (Å²) in [5.41, 5.74) is 1.97. The average Bonchev–Trinajstić information content (AvgIpc) is 3.18. The molecule has 2 aliphatic rings. The lowest BCUT2D eigenvalue weighted by Crippen LogP contribution is -2.43. The molecule has 2 atom stereocenters. The van der Waals surface area contributed by atoms with Crippen molar-refractivity contribution >= 4 is 0 Å². The summed E-state index contributed by atoms with van der Waals surface area (Å²) in [7, 11) is 0. The van der Waals surface area contributed by atoms with Crippen molar-refractivity contribution in [1.29, 1.82) is 0 Å². The smallest absolute Gasteiger partial charge is 0.218 e. The van der Waals surface area contributed by atoms with Crippen molar-refractivity contribution in [3.05, 3.63) is 29.6 Å². The summed E-state index contributed by atoms with van der Waals surface area (Å²) < 4.78 is 18.3. The number of hydrogen-bond donors (Lipinski definition) is 1. The van der Waals surface area contributed by atoms with Gasteiger partial charge in [-0.3, -0.25) is 4.98 Å². The first-order valence-electron chi connectivity index (χ1n) is 11.5. The molecule has 1 aliphatic heterocycles. The molecule has 1 unspecified atom stereocenters. The molecule has 1 saturated heterocycles. The monoisotopic (exact) mass is 427 g/mol. The minimum atomic E-state index is -0.399. The number of ether oxygens (including phenoxy) is 3. The van der Waals surface area contributed by atoms with Gasteiger partial charge in [0, 0.05) is 24.4 Å². The topological polar surface area (TPSA) is 86.6 Å². The fourth-order valence-electron chi connectivity index (χ4n) is 4.34. The van der Waals surface area contributed by atoms with Crippen LogP contribution in [0, 0.1) is 5.92 Å². The second kappa shape index (κ2) is 9.49. The molecule has 1 N–H and O–H groups in total. The fourth-order valence-corrected chi connectivity index (χ4v) is 4.34. The molecule has 7 nitrogen and oxygen atoms in total. The first-order chi connectivity index (χ1) is 15.0. The van der Waals surface area contributed by atoms with Crippen molar-refractivity contribution in [2.45, 2.75) is 77.6 Å². The van der Waals surface area contributed by atoms with Gasteiger partial charge in [0.05, 0.1) is 5.69 Å². The van der Waals surface area contributed by atoms with Crippen LogP contribution < -0.4 is 4.74 Å². The number of hydrogen-bond acceptors (Lipinski definition) is 7. The first-order valence-corrected chi connectivity index (χ1v) is 11.5. The van der Waals surface area contributed by atoms with Gasteiger partial charge in [-0.1, -0.05) is 20.8 Å². The van der Waals surface area contributed by atoms with Gasteiger partial charge in [0.1, 0.15) is 23.7 Å². The van der Waals surface area contributed by atoms with Crippen LogP contribution in [0.2, 0.25) is 0 Å². The predicted molar refractivity (Wildman–Crippen MR) is 117 cm³/mol. The standard InChI is InChI=1S/C24H33N3O4/c1-4-24(5-2,31-21-8-6-7-11-29-21)15-30-17-9-10-25-20(14-17)22-26-19-13-16(3)12-18(19)23(28)27-22/h9-10,14,16,21H,4-8,11-13,15H2,1-3H3,(H,26,27,28)/t16-,21?/m0/s1. The number of aromatic hydroxyl groups is 1. The molecule has 0 saturated carbocycles. The van der Waals surface area contributed by atoms with Crippen molar-refractivity contribution < 1.29 is 19.3 Å². The van der Waals surface area contributed by atoms with Crippen LogP contribution in [0.4, 0.5) is 0 Å². The highest BCUT2D eigenvalue weighted by Crippen LogP contribution is 2.33. The van der Waals surface area contributed by atoms with Crippen molar-refractivity contribution in [3.63, 3.8) is 0 Å². The maximum absolute atomic E-state index is 10.4. The van der Waals surface area contributed by atoms with Gasteiger partial charge in [-0.05, 0) is 56.9 Å². The van der Waals surface area contributed by atoms with E-state index in [9.17, 15) is 5.11 Å². The highest BCUT2D eigenvalue weighted by Gasteiger charge is 2.33. The molecule has 2 aromatic heterocycles. The summed E-state index contributed by atoms with van der Waals surface area (Å²) in [5.74, 6) is 1.65. The van der Waals surface area contributed by atoms with E-state index >= 15 is 0 Å². The summed E-state index contributed by atoms with van der Waals surface area (Å²) >= 11 is 0. The Morgan fingerprint density at radius 1 is 1.19 bits per heavy atom. The molecule has 2 aromatic rings. The van der Waals surface area contributed by atoms with Crippen LogP contribution in [-0.2, 0) is 22.3 Å². The van der Waals surface area contributed by atoms with Crippen LogP contribution in [0.25, 0.3) is 11.5 Å².